The van der Waals surface area contributed by atoms with Crippen LogP contribution in [0.15, 0.2) is 59.0 Å². The number of carbonyl (C=O) groups excluding carboxylic acids is 1. The monoisotopic (exact) mass is 537 g/mol. The molecular weight excluding hydrogens is 513 g/mol. The van der Waals surface area contributed by atoms with E-state index in [4.69, 9.17) is 32.4 Å². The van der Waals surface area contributed by atoms with E-state index >= 15 is 0 Å². The maximum Gasteiger partial charge on any atom is 0.153 e. The summed E-state index contributed by atoms with van der Waals surface area (Å²) in [6, 6.07) is 15.2. The molecule has 3 aromatic rings. The van der Waals surface area contributed by atoms with Gasteiger partial charge in [0.1, 0.15) is 30.0 Å². The van der Waals surface area contributed by atoms with Crippen LogP contribution in [0.1, 0.15) is 22.5 Å². The molecule has 1 aromatic heterocycles. The second-order valence-corrected chi connectivity index (χ2v) is 11.6. The van der Waals surface area contributed by atoms with Gasteiger partial charge in [-0.15, -0.1) is 0 Å². The minimum atomic E-state index is -3.14. The Balaban J connectivity index is 1.48. The number of hydrogen-bond acceptors (Lipinski definition) is 7. The molecule has 0 saturated carbocycles. The van der Waals surface area contributed by atoms with Gasteiger partial charge in [-0.1, -0.05) is 35.3 Å². The molecule has 2 atom stereocenters. The van der Waals surface area contributed by atoms with E-state index in [1.807, 2.05) is 4.90 Å². The Kier molecular flexibility index (Phi) is 8.19. The molecule has 0 bridgehead atoms. The molecule has 7 nitrogen and oxygen atoms in total. The molecule has 0 spiro atoms. The zero-order chi connectivity index (χ0) is 25.0. The van der Waals surface area contributed by atoms with Crippen LogP contribution in [-0.2, 0) is 16.4 Å². The lowest BCUT2D eigenvalue weighted by atomic mass is 10.2. The van der Waals surface area contributed by atoms with Crippen LogP contribution in [-0.4, -0.2) is 61.5 Å². The summed E-state index contributed by atoms with van der Waals surface area (Å²) in [7, 11) is -3.14. The third-order valence-corrected chi connectivity index (χ3v) is 8.18. The van der Waals surface area contributed by atoms with Gasteiger partial charge in [0.25, 0.3) is 0 Å². The number of sulfone groups is 1. The molecule has 2 unspecified atom stereocenters. The van der Waals surface area contributed by atoms with E-state index in [2.05, 4.69) is 0 Å². The predicted molar refractivity (Wildman–Crippen MR) is 135 cm³/mol. The first kappa shape index (κ1) is 25.7. The van der Waals surface area contributed by atoms with Crippen LogP contribution >= 0.6 is 23.2 Å². The quantitative estimate of drug-likeness (QED) is 0.380. The van der Waals surface area contributed by atoms with Gasteiger partial charge in [0.2, 0.25) is 0 Å². The van der Waals surface area contributed by atoms with Crippen molar-refractivity contribution in [1.82, 2.24) is 4.90 Å². The van der Waals surface area contributed by atoms with E-state index in [1.165, 1.54) is 0 Å². The number of aldehydes is 1. The standard InChI is InChI=1S/C25H25Cl2NO6S/c26-18-5-7-23(27)22(11-18)25-8-6-21(34-25)13-28(19-9-10-35(31,32)16-19)12-20(30)15-33-24-4-2-1-3-17(24)14-29/h1-8,11,14,19-20,30H,9-10,12-13,15-16H2. The number of nitrogens with zero attached hydrogens (tertiary/aromatic N) is 1. The van der Waals surface area contributed by atoms with Gasteiger partial charge in [0.05, 0.1) is 28.6 Å². The van der Waals surface area contributed by atoms with Crippen LogP contribution in [0.25, 0.3) is 11.3 Å². The van der Waals surface area contributed by atoms with Crippen molar-refractivity contribution in [2.75, 3.05) is 24.7 Å². The smallest absolute Gasteiger partial charge is 0.153 e. The van der Waals surface area contributed by atoms with E-state index in [-0.39, 0.29) is 30.7 Å². The van der Waals surface area contributed by atoms with Crippen LogP contribution in [0.3, 0.4) is 0 Å². The number of furan rings is 1. The molecule has 0 amide bonds. The highest BCUT2D eigenvalue weighted by atomic mass is 35.5. The van der Waals surface area contributed by atoms with Gasteiger partial charge in [0, 0.05) is 23.2 Å². The molecule has 1 fully saturated rings. The first-order valence-corrected chi connectivity index (χ1v) is 13.7. The average molecular weight is 538 g/mol. The summed E-state index contributed by atoms with van der Waals surface area (Å²) in [6.45, 7) is 0.403. The topological polar surface area (TPSA) is 97.1 Å². The number of hydrogen-bond donors (Lipinski definition) is 1. The Morgan fingerprint density at radius 2 is 1.97 bits per heavy atom. The Bertz CT molecular complexity index is 1290. The first-order chi connectivity index (χ1) is 16.7. The minimum absolute atomic E-state index is 0.0161. The number of halogens is 2. The Morgan fingerprint density at radius 3 is 2.71 bits per heavy atom. The number of aliphatic hydroxyl groups is 1. The van der Waals surface area contributed by atoms with Gasteiger partial charge in [-0.2, -0.15) is 0 Å². The largest absolute Gasteiger partial charge is 0.490 e. The van der Waals surface area contributed by atoms with Gasteiger partial charge in [-0.25, -0.2) is 8.42 Å². The van der Waals surface area contributed by atoms with Gasteiger partial charge in [-0.05, 0) is 48.9 Å². The molecule has 10 heteroatoms. The molecule has 4 rings (SSSR count). The van der Waals surface area contributed by atoms with E-state index < -0.39 is 15.9 Å². The third kappa shape index (κ3) is 6.65. The van der Waals surface area contributed by atoms with Crippen molar-refractivity contribution in [3.63, 3.8) is 0 Å². The van der Waals surface area contributed by atoms with Crippen molar-refractivity contribution < 1.29 is 27.5 Å². The van der Waals surface area contributed by atoms with Crippen molar-refractivity contribution in [3.8, 4) is 17.1 Å². The Labute approximate surface area is 214 Å². The maximum atomic E-state index is 12.1. The molecular formula is C25H25Cl2NO6S. The fourth-order valence-corrected chi connectivity index (χ4v) is 6.26. The Morgan fingerprint density at radius 1 is 1.17 bits per heavy atom. The Hall–Kier alpha value is -2.36. The highest BCUT2D eigenvalue weighted by Gasteiger charge is 2.33. The fraction of sp³-hybridized carbons (Fsp3) is 0.320. The summed E-state index contributed by atoms with van der Waals surface area (Å²) in [4.78, 5) is 13.1. The number of para-hydroxylation sites is 1. The molecule has 1 saturated heterocycles. The molecule has 0 radical (unpaired) electrons. The zero-order valence-electron chi connectivity index (χ0n) is 18.8. The number of benzene rings is 2. The van der Waals surface area contributed by atoms with Gasteiger partial charge in [0.15, 0.2) is 16.1 Å². The third-order valence-electron chi connectivity index (χ3n) is 5.86. The van der Waals surface area contributed by atoms with Crippen LogP contribution in [0.2, 0.25) is 10.0 Å². The molecule has 0 aliphatic carbocycles. The number of ether oxygens (including phenoxy) is 1. The zero-order valence-corrected chi connectivity index (χ0v) is 21.1. The van der Waals surface area contributed by atoms with Gasteiger partial charge >= 0.3 is 0 Å². The normalized spacial score (nSPS) is 18.0. The molecule has 35 heavy (non-hydrogen) atoms. The van der Waals surface area contributed by atoms with Crippen molar-refractivity contribution in [1.29, 1.82) is 0 Å². The van der Waals surface area contributed by atoms with Crippen molar-refractivity contribution >= 4 is 39.3 Å². The summed E-state index contributed by atoms with van der Waals surface area (Å²) in [5.41, 5.74) is 1.05. The molecule has 186 valence electrons. The lowest BCUT2D eigenvalue weighted by Crippen LogP contribution is -2.42. The van der Waals surface area contributed by atoms with Crippen molar-refractivity contribution in [2.24, 2.45) is 0 Å². The number of rotatable bonds is 10. The highest BCUT2D eigenvalue weighted by molar-refractivity contribution is 7.91. The summed E-state index contributed by atoms with van der Waals surface area (Å²) in [5.74, 6) is 1.64. The SMILES string of the molecule is O=Cc1ccccc1OCC(O)CN(Cc1ccc(-c2cc(Cl)ccc2Cl)o1)C1CCS(=O)(=O)C1. The average Bonchev–Trinajstić information content (AvgIpc) is 3.45. The lowest BCUT2D eigenvalue weighted by molar-refractivity contribution is 0.0495. The fourth-order valence-electron chi connectivity index (χ4n) is 4.12. The van der Waals surface area contributed by atoms with Gasteiger partial charge in [-0.3, -0.25) is 9.69 Å². The maximum absolute atomic E-state index is 12.1. The number of carbonyl (C=O) groups is 1. The summed E-state index contributed by atoms with van der Waals surface area (Å²) in [6.07, 6.45) is 0.241. The van der Waals surface area contributed by atoms with Crippen LogP contribution in [0.5, 0.6) is 5.75 Å². The number of aliphatic hydroxyl groups excluding tert-OH is 1. The molecule has 2 aromatic carbocycles. The van der Waals surface area contributed by atoms with Crippen LogP contribution in [0.4, 0.5) is 0 Å². The first-order valence-electron chi connectivity index (χ1n) is 11.1. The summed E-state index contributed by atoms with van der Waals surface area (Å²) >= 11 is 12.4. The summed E-state index contributed by atoms with van der Waals surface area (Å²) < 4.78 is 35.9. The predicted octanol–water partition coefficient (Wildman–Crippen LogP) is 4.49. The van der Waals surface area contributed by atoms with Crippen molar-refractivity contribution in [3.05, 3.63) is 76.0 Å². The van der Waals surface area contributed by atoms with Crippen LogP contribution < -0.4 is 4.74 Å². The van der Waals surface area contributed by atoms with E-state index in [0.717, 1.165) is 0 Å². The van der Waals surface area contributed by atoms with E-state index in [9.17, 15) is 18.3 Å². The van der Waals surface area contributed by atoms with Gasteiger partial charge < -0.3 is 14.3 Å². The minimum Gasteiger partial charge on any atom is -0.490 e. The van der Waals surface area contributed by atoms with E-state index in [1.54, 1.807) is 54.6 Å². The molecule has 2 heterocycles. The van der Waals surface area contributed by atoms with E-state index in [0.29, 0.717) is 57.7 Å². The van der Waals surface area contributed by atoms with Crippen LogP contribution in [0, 0.1) is 0 Å². The summed E-state index contributed by atoms with van der Waals surface area (Å²) in [5, 5.41) is 11.7. The lowest BCUT2D eigenvalue weighted by Gasteiger charge is -2.29. The second kappa shape index (κ2) is 11.1. The second-order valence-electron chi connectivity index (χ2n) is 8.50. The molecule has 1 N–H and O–H groups in total. The highest BCUT2D eigenvalue weighted by Crippen LogP contribution is 2.32. The van der Waals surface area contributed by atoms with Crippen molar-refractivity contribution in [2.45, 2.75) is 25.1 Å². The molecule has 1 aliphatic rings. The molecule has 1 aliphatic heterocycles.